The van der Waals surface area contributed by atoms with Crippen LogP contribution in [-0.2, 0) is 6.42 Å². The van der Waals surface area contributed by atoms with Gasteiger partial charge in [0.1, 0.15) is 11.6 Å². The Morgan fingerprint density at radius 2 is 2.00 bits per heavy atom. The molecule has 1 fully saturated rings. The number of nitrogen functional groups attached to an aromatic ring is 1. The van der Waals surface area contributed by atoms with Gasteiger partial charge in [0.05, 0.1) is 0 Å². The van der Waals surface area contributed by atoms with E-state index in [1.165, 1.54) is 24.0 Å². The molecular formula is C15H17N3. The van der Waals surface area contributed by atoms with Crippen molar-refractivity contribution in [2.45, 2.75) is 32.1 Å². The van der Waals surface area contributed by atoms with E-state index in [1.807, 2.05) is 6.07 Å². The number of nitrogens with two attached hydrogens (primary N) is 1. The van der Waals surface area contributed by atoms with E-state index >= 15 is 0 Å². The van der Waals surface area contributed by atoms with Crippen LogP contribution in [0, 0.1) is 6.92 Å². The van der Waals surface area contributed by atoms with Crippen molar-refractivity contribution >= 4 is 5.82 Å². The Hall–Kier alpha value is -1.90. The average molecular weight is 239 g/mol. The molecule has 0 spiro atoms. The smallest absolute Gasteiger partial charge is 0.135 e. The molecule has 2 aromatic rings. The highest BCUT2D eigenvalue weighted by molar-refractivity contribution is 5.35. The van der Waals surface area contributed by atoms with Gasteiger partial charge in [-0.05, 0) is 30.9 Å². The van der Waals surface area contributed by atoms with E-state index in [0.29, 0.717) is 11.7 Å². The summed E-state index contributed by atoms with van der Waals surface area (Å²) in [7, 11) is 0. The first-order chi connectivity index (χ1) is 8.72. The second kappa shape index (κ2) is 4.41. The van der Waals surface area contributed by atoms with Crippen LogP contribution in [0.2, 0.25) is 0 Å². The summed E-state index contributed by atoms with van der Waals surface area (Å²) < 4.78 is 0. The van der Waals surface area contributed by atoms with Gasteiger partial charge in [-0.3, -0.25) is 0 Å². The van der Waals surface area contributed by atoms with Gasteiger partial charge in [-0.2, -0.15) is 0 Å². The van der Waals surface area contributed by atoms with Crippen LogP contribution in [0.3, 0.4) is 0 Å². The van der Waals surface area contributed by atoms with E-state index in [2.05, 4.69) is 41.2 Å². The molecule has 1 aromatic heterocycles. The normalized spacial score (nSPS) is 14.7. The zero-order valence-electron chi connectivity index (χ0n) is 10.6. The van der Waals surface area contributed by atoms with E-state index in [4.69, 9.17) is 5.73 Å². The number of rotatable bonds is 3. The highest BCUT2D eigenvalue weighted by Crippen LogP contribution is 2.39. The number of hydrogen-bond donors (Lipinski definition) is 1. The van der Waals surface area contributed by atoms with Crippen molar-refractivity contribution in [3.8, 4) is 0 Å². The lowest BCUT2D eigenvalue weighted by atomic mass is 10.1. The molecular weight excluding hydrogens is 222 g/mol. The molecule has 0 unspecified atom stereocenters. The number of anilines is 1. The molecule has 0 radical (unpaired) electrons. The highest BCUT2D eigenvalue weighted by Gasteiger charge is 2.25. The van der Waals surface area contributed by atoms with Crippen molar-refractivity contribution in [1.29, 1.82) is 0 Å². The Morgan fingerprint density at radius 1 is 1.22 bits per heavy atom. The predicted molar refractivity (Wildman–Crippen MR) is 72.4 cm³/mol. The zero-order valence-corrected chi connectivity index (χ0v) is 10.6. The van der Waals surface area contributed by atoms with Crippen molar-refractivity contribution in [3.63, 3.8) is 0 Å². The van der Waals surface area contributed by atoms with E-state index < -0.39 is 0 Å². The van der Waals surface area contributed by atoms with Gasteiger partial charge in [0.25, 0.3) is 0 Å². The average Bonchev–Trinajstić information content (AvgIpc) is 3.15. The van der Waals surface area contributed by atoms with Crippen molar-refractivity contribution in [2.75, 3.05) is 5.73 Å². The third-order valence-electron chi connectivity index (χ3n) is 3.42. The van der Waals surface area contributed by atoms with Crippen LogP contribution in [-0.4, -0.2) is 9.97 Å². The molecule has 2 N–H and O–H groups in total. The summed E-state index contributed by atoms with van der Waals surface area (Å²) in [6.45, 7) is 2.11. The molecule has 1 heterocycles. The first-order valence-electron chi connectivity index (χ1n) is 6.40. The van der Waals surface area contributed by atoms with Gasteiger partial charge in [-0.25, -0.2) is 9.97 Å². The van der Waals surface area contributed by atoms with E-state index in [1.54, 1.807) is 0 Å². The predicted octanol–water partition coefficient (Wildman–Crippen LogP) is 2.84. The van der Waals surface area contributed by atoms with Gasteiger partial charge < -0.3 is 5.73 Å². The topological polar surface area (TPSA) is 51.8 Å². The fourth-order valence-corrected chi connectivity index (χ4v) is 2.19. The molecule has 1 aliphatic rings. The fraction of sp³-hybridized carbons (Fsp3) is 0.333. The second-order valence-electron chi connectivity index (χ2n) is 5.01. The molecule has 0 saturated heterocycles. The van der Waals surface area contributed by atoms with Gasteiger partial charge in [0.2, 0.25) is 0 Å². The van der Waals surface area contributed by atoms with Gasteiger partial charge >= 0.3 is 0 Å². The quantitative estimate of drug-likeness (QED) is 0.896. The van der Waals surface area contributed by atoms with Crippen molar-refractivity contribution in [1.82, 2.24) is 9.97 Å². The lowest BCUT2D eigenvalue weighted by molar-refractivity contribution is 0.901. The molecule has 92 valence electrons. The number of nitrogens with zero attached hydrogens (tertiary/aromatic N) is 2. The Kier molecular flexibility index (Phi) is 2.74. The van der Waals surface area contributed by atoms with Crippen LogP contribution < -0.4 is 5.73 Å². The fourth-order valence-electron chi connectivity index (χ4n) is 2.19. The second-order valence-corrected chi connectivity index (χ2v) is 5.01. The van der Waals surface area contributed by atoms with Crippen LogP contribution >= 0.6 is 0 Å². The van der Waals surface area contributed by atoms with Gasteiger partial charge in [0.15, 0.2) is 0 Å². The van der Waals surface area contributed by atoms with Crippen LogP contribution in [0.15, 0.2) is 30.3 Å². The standard InChI is InChI=1S/C15H17N3/c1-10-4-2-3-5-12(10)8-15-17-13(11-6-7-11)9-14(16)18-15/h2-5,9,11H,6-8H2,1H3,(H2,16,17,18). The monoisotopic (exact) mass is 239 g/mol. The Labute approximate surface area is 107 Å². The van der Waals surface area contributed by atoms with Gasteiger partial charge in [-0.15, -0.1) is 0 Å². The molecule has 0 atom stereocenters. The summed E-state index contributed by atoms with van der Waals surface area (Å²) in [5, 5.41) is 0. The van der Waals surface area contributed by atoms with E-state index in [9.17, 15) is 0 Å². The minimum atomic E-state index is 0.593. The Balaban J connectivity index is 1.90. The minimum Gasteiger partial charge on any atom is -0.384 e. The van der Waals surface area contributed by atoms with Crippen LogP contribution in [0.4, 0.5) is 5.82 Å². The summed E-state index contributed by atoms with van der Waals surface area (Å²) in [5.41, 5.74) is 9.53. The summed E-state index contributed by atoms with van der Waals surface area (Å²) in [5.74, 6) is 2.05. The first-order valence-corrected chi connectivity index (χ1v) is 6.40. The van der Waals surface area contributed by atoms with Crippen LogP contribution in [0.5, 0.6) is 0 Å². The maximum Gasteiger partial charge on any atom is 0.135 e. The van der Waals surface area contributed by atoms with Crippen molar-refractivity contribution in [2.24, 2.45) is 0 Å². The number of aromatic nitrogens is 2. The molecule has 0 aliphatic heterocycles. The molecule has 0 bridgehead atoms. The molecule has 3 nitrogen and oxygen atoms in total. The Morgan fingerprint density at radius 3 is 2.72 bits per heavy atom. The summed E-state index contributed by atoms with van der Waals surface area (Å²) >= 11 is 0. The molecule has 0 amide bonds. The number of hydrogen-bond acceptors (Lipinski definition) is 3. The van der Waals surface area contributed by atoms with Gasteiger partial charge in [0, 0.05) is 24.1 Å². The maximum absolute atomic E-state index is 5.87. The SMILES string of the molecule is Cc1ccccc1Cc1nc(N)cc(C2CC2)n1. The zero-order chi connectivity index (χ0) is 12.5. The van der Waals surface area contributed by atoms with Crippen molar-refractivity contribution in [3.05, 3.63) is 53.0 Å². The molecule has 1 aromatic carbocycles. The van der Waals surface area contributed by atoms with Crippen molar-refractivity contribution < 1.29 is 0 Å². The maximum atomic E-state index is 5.87. The third kappa shape index (κ3) is 2.35. The minimum absolute atomic E-state index is 0.593. The summed E-state index contributed by atoms with van der Waals surface area (Å²) in [6, 6.07) is 10.3. The first kappa shape index (κ1) is 11.2. The Bertz CT molecular complexity index is 574. The lowest BCUT2D eigenvalue weighted by Gasteiger charge is -2.07. The van der Waals surface area contributed by atoms with E-state index in [-0.39, 0.29) is 0 Å². The molecule has 1 aliphatic carbocycles. The van der Waals surface area contributed by atoms with E-state index in [0.717, 1.165) is 17.9 Å². The van der Waals surface area contributed by atoms with Crippen LogP contribution in [0.1, 0.15) is 41.4 Å². The molecule has 1 saturated carbocycles. The number of benzene rings is 1. The largest absolute Gasteiger partial charge is 0.384 e. The molecule has 18 heavy (non-hydrogen) atoms. The molecule has 3 rings (SSSR count). The van der Waals surface area contributed by atoms with Gasteiger partial charge in [-0.1, -0.05) is 24.3 Å². The number of aryl methyl sites for hydroxylation is 1. The third-order valence-corrected chi connectivity index (χ3v) is 3.42. The highest BCUT2D eigenvalue weighted by atomic mass is 14.9. The molecule has 3 heteroatoms. The summed E-state index contributed by atoms with van der Waals surface area (Å²) in [6.07, 6.45) is 3.23. The van der Waals surface area contributed by atoms with Crippen LogP contribution in [0.25, 0.3) is 0 Å². The summed E-state index contributed by atoms with van der Waals surface area (Å²) in [4.78, 5) is 8.99. The lowest BCUT2D eigenvalue weighted by Crippen LogP contribution is -2.04.